The van der Waals surface area contributed by atoms with Crippen molar-refractivity contribution >= 4 is 17.0 Å². The van der Waals surface area contributed by atoms with Crippen LogP contribution in [0.4, 0.5) is 5.69 Å². The standard InChI is InChI=1S/C9H14N2O3S/c1-6-2-3-7(11-15(13)14)4-8(6)9(12)5-10/h2-4,9,11-12H,5,10H2,1H3,(H,13,14). The molecule has 2 atom stereocenters. The number of aliphatic hydroxyl groups is 1. The van der Waals surface area contributed by atoms with Crippen molar-refractivity contribution in [3.63, 3.8) is 0 Å². The monoisotopic (exact) mass is 230 g/mol. The Kier molecular flexibility index (Phi) is 4.22. The average Bonchev–Trinajstić information content (AvgIpc) is 2.19. The highest BCUT2D eigenvalue weighted by Crippen LogP contribution is 2.21. The number of anilines is 1. The van der Waals surface area contributed by atoms with E-state index in [2.05, 4.69) is 4.72 Å². The Hall–Kier alpha value is -0.950. The van der Waals surface area contributed by atoms with Gasteiger partial charge in [0.05, 0.1) is 6.10 Å². The van der Waals surface area contributed by atoms with Crippen molar-refractivity contribution in [2.24, 2.45) is 5.73 Å². The smallest absolute Gasteiger partial charge is 0.259 e. The third kappa shape index (κ3) is 3.28. The largest absolute Gasteiger partial charge is 0.387 e. The first-order valence-electron chi connectivity index (χ1n) is 4.40. The average molecular weight is 230 g/mol. The van der Waals surface area contributed by atoms with Crippen LogP contribution in [0.3, 0.4) is 0 Å². The molecule has 1 aromatic rings. The number of aliphatic hydroxyl groups excluding tert-OH is 1. The second kappa shape index (κ2) is 5.22. The molecule has 1 aromatic carbocycles. The van der Waals surface area contributed by atoms with Crippen molar-refractivity contribution in [1.82, 2.24) is 0 Å². The molecule has 0 radical (unpaired) electrons. The molecule has 0 heterocycles. The molecule has 84 valence electrons. The van der Waals surface area contributed by atoms with Gasteiger partial charge in [-0.25, -0.2) is 4.21 Å². The van der Waals surface area contributed by atoms with Crippen LogP contribution in [-0.2, 0) is 11.3 Å². The van der Waals surface area contributed by atoms with E-state index >= 15 is 0 Å². The van der Waals surface area contributed by atoms with Crippen molar-refractivity contribution < 1.29 is 13.9 Å². The van der Waals surface area contributed by atoms with Gasteiger partial charge < -0.3 is 10.8 Å². The van der Waals surface area contributed by atoms with Gasteiger partial charge in [0.2, 0.25) is 0 Å². The molecule has 1 rings (SSSR count). The summed E-state index contributed by atoms with van der Waals surface area (Å²) in [5, 5.41) is 9.58. The molecule has 5 N–H and O–H groups in total. The number of hydrogen-bond donors (Lipinski definition) is 4. The van der Waals surface area contributed by atoms with Crippen LogP contribution >= 0.6 is 0 Å². The van der Waals surface area contributed by atoms with Crippen LogP contribution in [0, 0.1) is 6.92 Å². The van der Waals surface area contributed by atoms with Crippen molar-refractivity contribution in [3.05, 3.63) is 29.3 Å². The minimum Gasteiger partial charge on any atom is -0.387 e. The third-order valence-electron chi connectivity index (χ3n) is 2.07. The Morgan fingerprint density at radius 2 is 2.27 bits per heavy atom. The zero-order valence-electron chi connectivity index (χ0n) is 8.30. The van der Waals surface area contributed by atoms with Crippen LogP contribution < -0.4 is 10.5 Å². The predicted octanol–water partition coefficient (Wildman–Crippen LogP) is 0.536. The maximum Gasteiger partial charge on any atom is 0.259 e. The van der Waals surface area contributed by atoms with Gasteiger partial charge >= 0.3 is 0 Å². The number of nitrogens with two attached hydrogens (primary N) is 1. The van der Waals surface area contributed by atoms with E-state index in [4.69, 9.17) is 10.3 Å². The molecular weight excluding hydrogens is 216 g/mol. The summed E-state index contributed by atoms with van der Waals surface area (Å²) in [7, 11) is 0. The summed E-state index contributed by atoms with van der Waals surface area (Å²) in [6.07, 6.45) is -0.751. The van der Waals surface area contributed by atoms with E-state index in [0.717, 1.165) is 5.56 Å². The van der Waals surface area contributed by atoms with Crippen LogP contribution in [0.1, 0.15) is 17.2 Å². The van der Waals surface area contributed by atoms with Gasteiger partial charge in [0.25, 0.3) is 11.3 Å². The fourth-order valence-electron chi connectivity index (χ4n) is 1.29. The molecule has 0 aromatic heterocycles. The first-order chi connectivity index (χ1) is 7.04. The van der Waals surface area contributed by atoms with Crippen molar-refractivity contribution in [1.29, 1.82) is 0 Å². The highest BCUT2D eigenvalue weighted by molar-refractivity contribution is 7.80. The van der Waals surface area contributed by atoms with Crippen LogP contribution in [0.5, 0.6) is 0 Å². The van der Waals surface area contributed by atoms with E-state index in [0.29, 0.717) is 11.3 Å². The Morgan fingerprint density at radius 1 is 1.60 bits per heavy atom. The molecular formula is C9H14N2O3S. The van der Waals surface area contributed by atoms with E-state index < -0.39 is 17.4 Å². The summed E-state index contributed by atoms with van der Waals surface area (Å²) in [6.45, 7) is 1.96. The van der Waals surface area contributed by atoms with Gasteiger partial charge in [-0.05, 0) is 30.2 Å². The van der Waals surface area contributed by atoms with Gasteiger partial charge in [-0.3, -0.25) is 9.27 Å². The van der Waals surface area contributed by atoms with Gasteiger partial charge in [0, 0.05) is 12.2 Å². The number of nitrogens with one attached hydrogen (secondary N) is 1. The molecule has 15 heavy (non-hydrogen) atoms. The van der Waals surface area contributed by atoms with Gasteiger partial charge in [0.15, 0.2) is 0 Å². The van der Waals surface area contributed by atoms with Gasteiger partial charge in [-0.1, -0.05) is 6.07 Å². The topological polar surface area (TPSA) is 95.6 Å². The summed E-state index contributed by atoms with van der Waals surface area (Å²) in [4.78, 5) is 0. The maximum absolute atomic E-state index is 10.5. The Morgan fingerprint density at radius 3 is 2.80 bits per heavy atom. The molecule has 0 saturated heterocycles. The summed E-state index contributed by atoms with van der Waals surface area (Å²) in [5.74, 6) is 0. The maximum atomic E-state index is 10.5. The van der Waals surface area contributed by atoms with Gasteiger partial charge in [-0.2, -0.15) is 0 Å². The van der Waals surface area contributed by atoms with E-state index in [1.807, 2.05) is 6.92 Å². The summed E-state index contributed by atoms with van der Waals surface area (Å²) >= 11 is -2.11. The SMILES string of the molecule is Cc1ccc(NS(=O)O)cc1C(O)CN. The summed E-state index contributed by atoms with van der Waals surface area (Å²) in [6, 6.07) is 5.03. The van der Waals surface area contributed by atoms with Crippen LogP contribution in [-0.4, -0.2) is 20.4 Å². The highest BCUT2D eigenvalue weighted by atomic mass is 32.2. The van der Waals surface area contributed by atoms with Crippen LogP contribution in [0.2, 0.25) is 0 Å². The van der Waals surface area contributed by atoms with E-state index in [1.165, 1.54) is 0 Å². The molecule has 6 heteroatoms. The van der Waals surface area contributed by atoms with Crippen molar-refractivity contribution in [2.75, 3.05) is 11.3 Å². The number of benzene rings is 1. The minimum atomic E-state index is -2.11. The molecule has 5 nitrogen and oxygen atoms in total. The first kappa shape index (κ1) is 12.1. The number of aryl methyl sites for hydroxylation is 1. The van der Waals surface area contributed by atoms with Crippen molar-refractivity contribution in [2.45, 2.75) is 13.0 Å². The Balaban J connectivity index is 2.99. The normalized spacial score (nSPS) is 14.7. The molecule has 2 unspecified atom stereocenters. The molecule has 0 aliphatic heterocycles. The fraction of sp³-hybridized carbons (Fsp3) is 0.333. The Bertz CT molecular complexity index is 370. The zero-order valence-corrected chi connectivity index (χ0v) is 9.12. The van der Waals surface area contributed by atoms with E-state index in [1.54, 1.807) is 18.2 Å². The first-order valence-corrected chi connectivity index (χ1v) is 5.51. The second-order valence-electron chi connectivity index (χ2n) is 3.17. The lowest BCUT2D eigenvalue weighted by Gasteiger charge is -2.13. The molecule has 0 spiro atoms. The molecule has 0 aliphatic carbocycles. The van der Waals surface area contributed by atoms with Crippen LogP contribution in [0.15, 0.2) is 18.2 Å². The number of hydrogen-bond acceptors (Lipinski definition) is 3. The molecule has 0 bridgehead atoms. The molecule has 0 saturated carbocycles. The van der Waals surface area contributed by atoms with Gasteiger partial charge in [0.1, 0.15) is 0 Å². The Labute approximate surface area is 90.7 Å². The second-order valence-corrected chi connectivity index (χ2v) is 3.88. The predicted molar refractivity (Wildman–Crippen MR) is 59.6 cm³/mol. The quantitative estimate of drug-likeness (QED) is 0.567. The lowest BCUT2D eigenvalue weighted by molar-refractivity contribution is 0.186. The lowest BCUT2D eigenvalue weighted by Crippen LogP contribution is -2.13. The van der Waals surface area contributed by atoms with E-state index in [9.17, 15) is 9.32 Å². The molecule has 0 aliphatic rings. The van der Waals surface area contributed by atoms with Crippen LogP contribution in [0.25, 0.3) is 0 Å². The lowest BCUT2D eigenvalue weighted by atomic mass is 10.0. The number of rotatable bonds is 4. The minimum absolute atomic E-state index is 0.118. The third-order valence-corrected chi connectivity index (χ3v) is 2.48. The highest BCUT2D eigenvalue weighted by Gasteiger charge is 2.09. The fourth-order valence-corrected chi connectivity index (χ4v) is 1.62. The van der Waals surface area contributed by atoms with E-state index in [-0.39, 0.29) is 6.54 Å². The summed E-state index contributed by atoms with van der Waals surface area (Å²) < 4.78 is 21.5. The summed E-state index contributed by atoms with van der Waals surface area (Å²) in [5.41, 5.74) is 7.37. The molecule has 0 fully saturated rings. The van der Waals surface area contributed by atoms with Gasteiger partial charge in [-0.15, -0.1) is 0 Å². The van der Waals surface area contributed by atoms with Crippen molar-refractivity contribution in [3.8, 4) is 0 Å². The molecule has 0 amide bonds. The zero-order chi connectivity index (χ0) is 11.4.